The second-order valence-electron chi connectivity index (χ2n) is 3.94. The van der Waals surface area contributed by atoms with Gasteiger partial charge in [0.05, 0.1) is 23.9 Å². The molecule has 0 aliphatic rings. The van der Waals surface area contributed by atoms with E-state index in [4.69, 9.17) is 10.8 Å². The molecule has 0 spiro atoms. The molecule has 0 aliphatic heterocycles. The zero-order valence-electron chi connectivity index (χ0n) is 9.46. The number of anilines is 1. The number of pyridine rings is 1. The molecule has 0 aliphatic carbocycles. The Balaban J connectivity index is 2.66. The van der Waals surface area contributed by atoms with Crippen molar-refractivity contribution in [2.24, 2.45) is 5.73 Å². The van der Waals surface area contributed by atoms with Crippen LogP contribution in [0.4, 0.5) is 5.95 Å². The zero-order valence-corrected chi connectivity index (χ0v) is 9.46. The predicted octanol–water partition coefficient (Wildman–Crippen LogP) is 0.392. The summed E-state index contributed by atoms with van der Waals surface area (Å²) in [6.45, 7) is -0.103. The van der Waals surface area contributed by atoms with Crippen LogP contribution in [0.2, 0.25) is 0 Å². The second kappa shape index (κ2) is 4.11. The minimum atomic E-state index is -0.439. The molecule has 2 aromatic heterocycles. The van der Waals surface area contributed by atoms with Crippen molar-refractivity contribution in [2.75, 3.05) is 25.6 Å². The fourth-order valence-electron chi connectivity index (χ4n) is 1.72. The van der Waals surface area contributed by atoms with Gasteiger partial charge in [-0.05, 0) is 12.1 Å². The molecule has 86 valence electrons. The monoisotopic (exact) mass is 220 g/mol. The van der Waals surface area contributed by atoms with E-state index in [-0.39, 0.29) is 6.61 Å². The van der Waals surface area contributed by atoms with Crippen LogP contribution in [0, 0.1) is 0 Å². The van der Waals surface area contributed by atoms with Crippen LogP contribution in [0.25, 0.3) is 5.52 Å². The van der Waals surface area contributed by atoms with Crippen molar-refractivity contribution in [3.8, 4) is 0 Å². The average molecular weight is 220 g/mol. The summed E-state index contributed by atoms with van der Waals surface area (Å²) >= 11 is 0. The number of aliphatic hydroxyl groups is 1. The molecule has 2 heterocycles. The van der Waals surface area contributed by atoms with E-state index in [0.29, 0.717) is 0 Å². The van der Waals surface area contributed by atoms with E-state index in [0.717, 1.165) is 17.2 Å². The SMILES string of the molecule is CN(C)c1nc(C(N)CO)c2ccccn12. The summed E-state index contributed by atoms with van der Waals surface area (Å²) in [5.41, 5.74) is 7.50. The Kier molecular flexibility index (Phi) is 2.80. The van der Waals surface area contributed by atoms with Gasteiger partial charge in [0, 0.05) is 20.3 Å². The molecule has 16 heavy (non-hydrogen) atoms. The summed E-state index contributed by atoms with van der Waals surface area (Å²) in [4.78, 5) is 6.38. The number of hydrogen-bond donors (Lipinski definition) is 2. The lowest BCUT2D eigenvalue weighted by atomic mass is 10.2. The summed E-state index contributed by atoms with van der Waals surface area (Å²) in [6, 6.07) is 5.39. The predicted molar refractivity (Wildman–Crippen MR) is 63.5 cm³/mol. The second-order valence-corrected chi connectivity index (χ2v) is 3.94. The molecule has 0 bridgehead atoms. The quantitative estimate of drug-likeness (QED) is 0.785. The fourth-order valence-corrected chi connectivity index (χ4v) is 1.72. The lowest BCUT2D eigenvalue weighted by Crippen LogP contribution is -2.16. The highest BCUT2D eigenvalue weighted by atomic mass is 16.3. The van der Waals surface area contributed by atoms with Gasteiger partial charge >= 0.3 is 0 Å². The topological polar surface area (TPSA) is 66.8 Å². The molecule has 0 amide bonds. The number of fused-ring (bicyclic) bond motifs is 1. The van der Waals surface area contributed by atoms with Crippen molar-refractivity contribution in [2.45, 2.75) is 6.04 Å². The van der Waals surface area contributed by atoms with E-state index in [9.17, 15) is 0 Å². The molecule has 0 aromatic carbocycles. The van der Waals surface area contributed by atoms with Crippen LogP contribution in [0.5, 0.6) is 0 Å². The number of aromatic nitrogens is 2. The number of hydrogen-bond acceptors (Lipinski definition) is 4. The van der Waals surface area contributed by atoms with Gasteiger partial charge in [0.1, 0.15) is 0 Å². The van der Waals surface area contributed by atoms with Crippen LogP contribution in [-0.4, -0.2) is 35.2 Å². The number of nitrogens with zero attached hydrogens (tertiary/aromatic N) is 3. The Morgan fingerprint density at radius 3 is 2.88 bits per heavy atom. The Morgan fingerprint density at radius 1 is 1.50 bits per heavy atom. The third-order valence-electron chi connectivity index (χ3n) is 2.51. The lowest BCUT2D eigenvalue weighted by molar-refractivity contribution is 0.267. The summed E-state index contributed by atoms with van der Waals surface area (Å²) in [7, 11) is 3.85. The summed E-state index contributed by atoms with van der Waals surface area (Å²) in [5.74, 6) is 0.814. The average Bonchev–Trinajstić information content (AvgIpc) is 2.67. The van der Waals surface area contributed by atoms with Crippen molar-refractivity contribution < 1.29 is 5.11 Å². The Morgan fingerprint density at radius 2 is 2.25 bits per heavy atom. The maximum Gasteiger partial charge on any atom is 0.209 e. The maximum absolute atomic E-state index is 9.11. The van der Waals surface area contributed by atoms with E-state index < -0.39 is 6.04 Å². The molecule has 3 N–H and O–H groups in total. The molecular formula is C11H16N4O. The maximum atomic E-state index is 9.11. The molecule has 1 atom stereocenters. The summed E-state index contributed by atoms with van der Waals surface area (Å²) in [6.07, 6.45) is 1.94. The van der Waals surface area contributed by atoms with Gasteiger partial charge in [-0.15, -0.1) is 0 Å². The smallest absolute Gasteiger partial charge is 0.209 e. The van der Waals surface area contributed by atoms with Gasteiger partial charge in [-0.3, -0.25) is 4.40 Å². The van der Waals surface area contributed by atoms with E-state index in [1.54, 1.807) is 0 Å². The van der Waals surface area contributed by atoms with Crippen molar-refractivity contribution in [1.29, 1.82) is 0 Å². The van der Waals surface area contributed by atoms with Crippen molar-refractivity contribution in [3.63, 3.8) is 0 Å². The van der Waals surface area contributed by atoms with E-state index >= 15 is 0 Å². The third kappa shape index (κ3) is 1.64. The largest absolute Gasteiger partial charge is 0.394 e. The molecule has 0 saturated heterocycles. The van der Waals surface area contributed by atoms with Gasteiger partial charge in [-0.25, -0.2) is 4.98 Å². The van der Waals surface area contributed by atoms with Gasteiger partial charge in [0.25, 0.3) is 0 Å². The van der Waals surface area contributed by atoms with E-state index in [2.05, 4.69) is 4.98 Å². The first kappa shape index (κ1) is 10.9. The van der Waals surface area contributed by atoms with Crippen molar-refractivity contribution >= 4 is 11.5 Å². The van der Waals surface area contributed by atoms with Crippen LogP contribution in [0.15, 0.2) is 24.4 Å². The van der Waals surface area contributed by atoms with E-state index in [1.807, 2.05) is 47.8 Å². The highest BCUT2D eigenvalue weighted by Crippen LogP contribution is 2.22. The van der Waals surface area contributed by atoms with Crippen molar-refractivity contribution in [1.82, 2.24) is 9.38 Å². The molecule has 5 nitrogen and oxygen atoms in total. The van der Waals surface area contributed by atoms with Crippen LogP contribution in [0.1, 0.15) is 11.7 Å². The van der Waals surface area contributed by atoms with Gasteiger partial charge in [0.15, 0.2) is 0 Å². The van der Waals surface area contributed by atoms with Crippen LogP contribution >= 0.6 is 0 Å². The third-order valence-corrected chi connectivity index (χ3v) is 2.51. The van der Waals surface area contributed by atoms with E-state index in [1.165, 1.54) is 0 Å². The van der Waals surface area contributed by atoms with Gasteiger partial charge < -0.3 is 15.7 Å². The minimum absolute atomic E-state index is 0.103. The number of rotatable bonds is 3. The molecular weight excluding hydrogens is 204 g/mol. The Hall–Kier alpha value is -1.59. The van der Waals surface area contributed by atoms with Gasteiger partial charge in [0.2, 0.25) is 5.95 Å². The summed E-state index contributed by atoms with van der Waals surface area (Å²) < 4.78 is 1.96. The number of aliphatic hydroxyl groups excluding tert-OH is 1. The Labute approximate surface area is 94.1 Å². The number of nitrogens with two attached hydrogens (primary N) is 1. The van der Waals surface area contributed by atoms with Gasteiger partial charge in [-0.2, -0.15) is 0 Å². The fraction of sp³-hybridized carbons (Fsp3) is 0.364. The standard InChI is InChI=1S/C11H16N4O/c1-14(2)11-13-10(8(12)7-16)9-5-3-4-6-15(9)11/h3-6,8,16H,7,12H2,1-2H3. The van der Waals surface area contributed by atoms with Gasteiger partial charge in [-0.1, -0.05) is 6.07 Å². The molecule has 0 radical (unpaired) electrons. The molecule has 5 heteroatoms. The first-order valence-electron chi connectivity index (χ1n) is 5.16. The summed E-state index contributed by atoms with van der Waals surface area (Å²) in [5, 5.41) is 9.11. The molecule has 0 fully saturated rings. The number of imidazole rings is 1. The normalized spacial score (nSPS) is 13.0. The first-order valence-corrected chi connectivity index (χ1v) is 5.16. The van der Waals surface area contributed by atoms with Crippen LogP contribution in [-0.2, 0) is 0 Å². The van der Waals surface area contributed by atoms with Crippen LogP contribution < -0.4 is 10.6 Å². The first-order chi connectivity index (χ1) is 7.65. The Bertz CT molecular complexity index is 492. The highest BCUT2D eigenvalue weighted by molar-refractivity contribution is 5.59. The molecule has 0 saturated carbocycles. The lowest BCUT2D eigenvalue weighted by Gasteiger charge is -2.09. The minimum Gasteiger partial charge on any atom is -0.394 e. The molecule has 2 aromatic rings. The zero-order chi connectivity index (χ0) is 11.7. The molecule has 1 unspecified atom stereocenters. The molecule has 2 rings (SSSR count). The van der Waals surface area contributed by atoms with Crippen LogP contribution in [0.3, 0.4) is 0 Å². The highest BCUT2D eigenvalue weighted by Gasteiger charge is 2.16. The van der Waals surface area contributed by atoms with Crippen molar-refractivity contribution in [3.05, 3.63) is 30.1 Å².